The third-order valence-electron chi connectivity index (χ3n) is 9.88. The first-order chi connectivity index (χ1) is 25.8. The second-order valence-corrected chi connectivity index (χ2v) is 14.4. The van der Waals surface area contributed by atoms with Crippen LogP contribution in [-0.2, 0) is 23.9 Å². The summed E-state index contributed by atoms with van der Waals surface area (Å²) in [6, 6.07) is 19.6. The van der Waals surface area contributed by atoms with Gasteiger partial charge in [0.1, 0.15) is 11.9 Å². The molecule has 0 radical (unpaired) electrons. The van der Waals surface area contributed by atoms with E-state index in [1.54, 1.807) is 6.20 Å². The van der Waals surface area contributed by atoms with Crippen molar-refractivity contribution in [2.45, 2.75) is 72.5 Å². The number of hydrogen-bond acceptors (Lipinski definition) is 8. The Hall–Kier alpha value is -5.78. The number of imidazole rings is 1. The molecule has 4 aromatic rings. The molecule has 0 saturated heterocycles. The summed E-state index contributed by atoms with van der Waals surface area (Å²) in [7, 11) is 2.59. The van der Waals surface area contributed by atoms with Crippen molar-refractivity contribution in [3.05, 3.63) is 84.4 Å². The van der Waals surface area contributed by atoms with Gasteiger partial charge in [-0.1, -0.05) is 76.2 Å². The molecule has 3 aromatic carbocycles. The first kappa shape index (κ1) is 39.4. The number of amides is 3. The Kier molecular flexibility index (Phi) is 12.7. The molecule has 0 fully saturated rings. The van der Waals surface area contributed by atoms with Crippen molar-refractivity contribution in [1.29, 1.82) is 0 Å². The van der Waals surface area contributed by atoms with Gasteiger partial charge in [0.25, 0.3) is 0 Å². The number of aromatic nitrogens is 2. The van der Waals surface area contributed by atoms with Gasteiger partial charge in [-0.25, -0.2) is 9.78 Å². The van der Waals surface area contributed by atoms with Crippen molar-refractivity contribution in [2.75, 3.05) is 14.2 Å². The average molecular weight is 735 g/mol. The van der Waals surface area contributed by atoms with Gasteiger partial charge in [-0.05, 0) is 70.9 Å². The SMILES string of the molecule is COC(=O)C[C@H](C(=O)N[C@@H](C)C1=NC=C(c2ccc(-c3ccc4cc(-c5cnc([C@H](C)NC(=O)[C@@H](NC(=O)OC)C(C)C)[nH]5)ccc4c3)cc2)C1)C(C)C. The largest absolute Gasteiger partial charge is 0.469 e. The van der Waals surface area contributed by atoms with Gasteiger partial charge in [-0.2, -0.15) is 0 Å². The van der Waals surface area contributed by atoms with Gasteiger partial charge < -0.3 is 30.4 Å². The molecule has 284 valence electrons. The maximum Gasteiger partial charge on any atom is 0.407 e. The van der Waals surface area contributed by atoms with Crippen LogP contribution < -0.4 is 16.0 Å². The zero-order valence-electron chi connectivity index (χ0n) is 32.2. The summed E-state index contributed by atoms with van der Waals surface area (Å²) in [5.41, 5.74) is 6.98. The van der Waals surface area contributed by atoms with Gasteiger partial charge in [0.05, 0.1) is 50.5 Å². The summed E-state index contributed by atoms with van der Waals surface area (Å²) in [6.07, 6.45) is 3.63. The summed E-state index contributed by atoms with van der Waals surface area (Å²) in [5, 5.41) is 10.7. The van der Waals surface area contributed by atoms with Crippen LogP contribution in [0.4, 0.5) is 4.79 Å². The minimum absolute atomic E-state index is 0.00764. The van der Waals surface area contributed by atoms with E-state index in [2.05, 4.69) is 90.2 Å². The molecule has 0 spiro atoms. The normalized spacial score (nSPS) is 14.9. The third-order valence-corrected chi connectivity index (χ3v) is 9.88. The average Bonchev–Trinajstić information content (AvgIpc) is 3.87. The fourth-order valence-corrected chi connectivity index (χ4v) is 6.45. The van der Waals surface area contributed by atoms with Gasteiger partial charge in [0.15, 0.2) is 0 Å². The predicted octanol–water partition coefficient (Wildman–Crippen LogP) is 6.98. The Morgan fingerprint density at radius 1 is 0.722 bits per heavy atom. The van der Waals surface area contributed by atoms with Gasteiger partial charge in [0.2, 0.25) is 11.8 Å². The van der Waals surface area contributed by atoms with Crippen molar-refractivity contribution in [2.24, 2.45) is 22.7 Å². The minimum atomic E-state index is -0.744. The molecule has 0 aliphatic carbocycles. The van der Waals surface area contributed by atoms with E-state index in [1.807, 2.05) is 53.8 Å². The lowest BCUT2D eigenvalue weighted by molar-refractivity contribution is -0.145. The number of allylic oxidation sites excluding steroid dienone is 1. The van der Waals surface area contributed by atoms with Crippen LogP contribution in [0.1, 0.15) is 71.8 Å². The number of H-pyrrole nitrogens is 1. The molecule has 54 heavy (non-hydrogen) atoms. The summed E-state index contributed by atoms with van der Waals surface area (Å²) in [4.78, 5) is 62.0. The number of carbonyl (C=O) groups excluding carboxylic acids is 4. The Labute approximate surface area is 316 Å². The lowest BCUT2D eigenvalue weighted by atomic mass is 9.91. The fourth-order valence-electron chi connectivity index (χ4n) is 6.45. The smallest absolute Gasteiger partial charge is 0.407 e. The molecule has 1 aliphatic heterocycles. The number of nitrogens with zero attached hydrogens (tertiary/aromatic N) is 2. The first-order valence-corrected chi connectivity index (χ1v) is 18.3. The van der Waals surface area contributed by atoms with Gasteiger partial charge >= 0.3 is 12.1 Å². The number of alkyl carbamates (subject to hydrolysis) is 1. The van der Waals surface area contributed by atoms with Crippen LogP contribution in [0.5, 0.6) is 0 Å². The highest BCUT2D eigenvalue weighted by Gasteiger charge is 2.29. The van der Waals surface area contributed by atoms with Gasteiger partial charge in [0, 0.05) is 23.9 Å². The number of hydrogen-bond donors (Lipinski definition) is 4. The Balaban J connectivity index is 1.20. The number of esters is 1. The molecule has 12 nitrogen and oxygen atoms in total. The molecule has 0 bridgehead atoms. The van der Waals surface area contributed by atoms with Crippen LogP contribution >= 0.6 is 0 Å². The van der Waals surface area contributed by atoms with Crippen molar-refractivity contribution in [3.8, 4) is 22.4 Å². The summed E-state index contributed by atoms with van der Waals surface area (Å²) in [6.45, 7) is 11.3. The van der Waals surface area contributed by atoms with E-state index >= 15 is 0 Å². The van der Waals surface area contributed by atoms with Crippen LogP contribution in [0.2, 0.25) is 0 Å². The van der Waals surface area contributed by atoms with Crippen molar-refractivity contribution >= 4 is 45.9 Å². The molecule has 3 amide bonds. The van der Waals surface area contributed by atoms with Gasteiger partial charge in [-0.15, -0.1) is 0 Å². The molecule has 4 N–H and O–H groups in total. The molecule has 0 saturated carbocycles. The lowest BCUT2D eigenvalue weighted by Crippen LogP contribution is -2.50. The number of carbonyl (C=O) groups is 4. The van der Waals surface area contributed by atoms with E-state index in [9.17, 15) is 19.2 Å². The third kappa shape index (κ3) is 9.41. The Morgan fingerprint density at radius 3 is 1.96 bits per heavy atom. The van der Waals surface area contributed by atoms with Crippen LogP contribution in [-0.4, -0.2) is 65.9 Å². The highest BCUT2D eigenvalue weighted by Crippen LogP contribution is 2.31. The monoisotopic (exact) mass is 734 g/mol. The van der Waals surface area contributed by atoms with Crippen molar-refractivity contribution < 1.29 is 28.7 Å². The molecule has 4 atom stereocenters. The van der Waals surface area contributed by atoms with Crippen LogP contribution in [0, 0.1) is 17.8 Å². The molecule has 12 heteroatoms. The number of methoxy groups -OCH3 is 2. The molecular formula is C42H50N6O6. The number of ether oxygens (including phenoxy) is 2. The van der Waals surface area contributed by atoms with E-state index in [4.69, 9.17) is 4.74 Å². The number of fused-ring (bicyclic) bond motifs is 1. The zero-order valence-corrected chi connectivity index (χ0v) is 32.2. The minimum Gasteiger partial charge on any atom is -0.469 e. The second kappa shape index (κ2) is 17.4. The number of nitrogens with one attached hydrogen (secondary N) is 4. The number of aromatic amines is 1. The lowest BCUT2D eigenvalue weighted by Gasteiger charge is -2.22. The summed E-state index contributed by atoms with van der Waals surface area (Å²) < 4.78 is 9.45. The van der Waals surface area contributed by atoms with E-state index < -0.39 is 30.1 Å². The number of aliphatic imine (C=N–C) groups is 1. The molecule has 5 rings (SSSR count). The van der Waals surface area contributed by atoms with Crippen LogP contribution in [0.15, 0.2) is 78.1 Å². The highest BCUT2D eigenvalue weighted by molar-refractivity contribution is 6.03. The van der Waals surface area contributed by atoms with Crippen LogP contribution in [0.3, 0.4) is 0 Å². The van der Waals surface area contributed by atoms with Crippen molar-refractivity contribution in [1.82, 2.24) is 25.9 Å². The highest BCUT2D eigenvalue weighted by atomic mass is 16.5. The maximum absolute atomic E-state index is 13.0. The Bertz CT molecular complexity index is 2060. The molecular weight excluding hydrogens is 684 g/mol. The Morgan fingerprint density at radius 2 is 1.33 bits per heavy atom. The van der Waals surface area contributed by atoms with Crippen LogP contribution in [0.25, 0.3) is 38.7 Å². The van der Waals surface area contributed by atoms with Gasteiger partial charge in [-0.3, -0.25) is 19.4 Å². The first-order valence-electron chi connectivity index (χ1n) is 18.3. The number of benzene rings is 3. The maximum atomic E-state index is 13.0. The van der Waals surface area contributed by atoms with E-state index in [0.29, 0.717) is 12.2 Å². The molecule has 2 heterocycles. The topological polar surface area (TPSA) is 164 Å². The van der Waals surface area contributed by atoms with Crippen molar-refractivity contribution in [3.63, 3.8) is 0 Å². The zero-order chi connectivity index (χ0) is 39.1. The number of rotatable bonds is 14. The molecule has 1 aromatic heterocycles. The van der Waals surface area contributed by atoms with E-state index in [-0.39, 0.29) is 36.1 Å². The van der Waals surface area contributed by atoms with E-state index in [1.165, 1.54) is 14.2 Å². The predicted molar refractivity (Wildman–Crippen MR) is 210 cm³/mol. The molecule has 1 aliphatic rings. The van der Waals surface area contributed by atoms with E-state index in [0.717, 1.165) is 50.0 Å². The fraction of sp³-hybridized carbons (Fsp3) is 0.381. The summed E-state index contributed by atoms with van der Waals surface area (Å²) >= 11 is 0. The summed E-state index contributed by atoms with van der Waals surface area (Å²) in [5.74, 6) is -0.907. The second-order valence-electron chi connectivity index (χ2n) is 14.4. The molecule has 0 unspecified atom stereocenters. The quantitative estimate of drug-likeness (QED) is 0.102. The standard InChI is InChI=1S/C42H50N6O6/c1-23(2)34(20-37(49)53-7)40(50)45-25(5)35-19-33(21-43-35)28-11-9-27(10-12-28)29-13-14-31-18-32(16-15-30(31)17-29)36-22-44-39(47-36)26(6)46-41(51)38(24(3)4)48-42(52)54-8/h9-18,21-26,34,38H,19-20H2,1-8H3,(H,44,47)(H,45,50)(H,46,51)(H,48,52)/t25-,26-,34-,38-/m0/s1.